The first-order valence-electron chi connectivity index (χ1n) is 8.77. The lowest BCUT2D eigenvalue weighted by molar-refractivity contribution is 0.0827. The molecule has 2 aliphatic heterocycles. The third kappa shape index (κ3) is 3.92. The minimum atomic E-state index is -0.543. The number of halogens is 1. The molecule has 0 radical (unpaired) electrons. The van der Waals surface area contributed by atoms with Gasteiger partial charge in [-0.15, -0.1) is 0 Å². The van der Waals surface area contributed by atoms with Crippen LogP contribution in [0.25, 0.3) is 0 Å². The lowest BCUT2D eigenvalue weighted by atomic mass is 10.1. The maximum absolute atomic E-state index is 14.0. The van der Waals surface area contributed by atoms with Crippen molar-refractivity contribution in [3.63, 3.8) is 0 Å². The van der Waals surface area contributed by atoms with Crippen molar-refractivity contribution >= 4 is 17.6 Å². The average Bonchev–Trinajstić information content (AvgIpc) is 3.27. The van der Waals surface area contributed by atoms with Crippen LogP contribution in [0.2, 0.25) is 0 Å². The molecule has 0 unspecified atom stereocenters. The first-order valence-corrected chi connectivity index (χ1v) is 8.77. The maximum Gasteiger partial charge on any atom is 0.321 e. The quantitative estimate of drug-likeness (QED) is 0.911. The number of carbonyl (C=O) groups is 2. The van der Waals surface area contributed by atoms with E-state index in [0.717, 1.165) is 19.5 Å². The molecule has 2 fully saturated rings. The topological polar surface area (TPSA) is 55.9 Å². The number of hydrogen-bond donors (Lipinski definition) is 1. The van der Waals surface area contributed by atoms with Gasteiger partial charge in [-0.3, -0.25) is 9.69 Å². The summed E-state index contributed by atoms with van der Waals surface area (Å²) in [7, 11) is 3.26. The predicted octanol–water partition coefficient (Wildman–Crippen LogP) is 2.23. The van der Waals surface area contributed by atoms with Gasteiger partial charge in [0.15, 0.2) is 0 Å². The van der Waals surface area contributed by atoms with E-state index < -0.39 is 5.82 Å². The van der Waals surface area contributed by atoms with Gasteiger partial charge in [-0.2, -0.15) is 0 Å². The molecule has 136 valence electrons. The van der Waals surface area contributed by atoms with Gasteiger partial charge in [0.05, 0.1) is 5.69 Å². The summed E-state index contributed by atoms with van der Waals surface area (Å²) in [5.41, 5.74) is 0.389. The first kappa shape index (κ1) is 17.7. The van der Waals surface area contributed by atoms with E-state index in [2.05, 4.69) is 10.2 Å². The molecule has 0 aliphatic carbocycles. The van der Waals surface area contributed by atoms with E-state index in [1.165, 1.54) is 35.9 Å². The fourth-order valence-electron chi connectivity index (χ4n) is 3.54. The Morgan fingerprint density at radius 3 is 2.60 bits per heavy atom. The van der Waals surface area contributed by atoms with Crippen LogP contribution in [0, 0.1) is 5.82 Å². The van der Waals surface area contributed by atoms with Gasteiger partial charge in [-0.05, 0) is 50.6 Å². The molecule has 2 aliphatic rings. The normalized spacial score (nSPS) is 20.8. The van der Waals surface area contributed by atoms with E-state index >= 15 is 0 Å². The second kappa shape index (κ2) is 7.39. The zero-order valence-electron chi connectivity index (χ0n) is 14.8. The smallest absolute Gasteiger partial charge is 0.321 e. The largest absolute Gasteiger partial charge is 0.345 e. The minimum absolute atomic E-state index is 0.0438. The Kier molecular flexibility index (Phi) is 5.22. The Hall–Kier alpha value is -2.15. The molecule has 1 atom stereocenters. The molecule has 3 rings (SSSR count). The second-order valence-corrected chi connectivity index (χ2v) is 6.96. The summed E-state index contributed by atoms with van der Waals surface area (Å²) in [6.45, 7) is 3.54. The van der Waals surface area contributed by atoms with Crippen molar-refractivity contribution in [1.82, 2.24) is 14.7 Å². The summed E-state index contributed by atoms with van der Waals surface area (Å²) in [6.07, 6.45) is 3.40. The summed E-state index contributed by atoms with van der Waals surface area (Å²) in [4.78, 5) is 30.1. The number of carbonyl (C=O) groups excluding carboxylic acids is 2. The molecule has 0 saturated carbocycles. The van der Waals surface area contributed by atoms with Crippen LogP contribution in [-0.4, -0.2) is 73.0 Å². The van der Waals surface area contributed by atoms with Crippen LogP contribution in [-0.2, 0) is 0 Å². The van der Waals surface area contributed by atoms with Crippen LogP contribution < -0.4 is 5.32 Å². The lowest BCUT2D eigenvalue weighted by Gasteiger charge is -2.23. The van der Waals surface area contributed by atoms with Crippen LogP contribution in [0.1, 0.15) is 29.6 Å². The first-order chi connectivity index (χ1) is 12.0. The lowest BCUT2D eigenvalue weighted by Crippen LogP contribution is -2.38. The van der Waals surface area contributed by atoms with Gasteiger partial charge in [0.1, 0.15) is 5.82 Å². The number of anilines is 1. The Morgan fingerprint density at radius 2 is 1.92 bits per heavy atom. The van der Waals surface area contributed by atoms with Gasteiger partial charge in [-0.25, -0.2) is 9.18 Å². The van der Waals surface area contributed by atoms with E-state index in [9.17, 15) is 14.0 Å². The molecule has 1 N–H and O–H groups in total. The Morgan fingerprint density at radius 1 is 1.20 bits per heavy atom. The minimum Gasteiger partial charge on any atom is -0.345 e. The fraction of sp³-hybridized carbons (Fsp3) is 0.556. The molecule has 6 nitrogen and oxygen atoms in total. The Labute approximate surface area is 147 Å². The predicted molar refractivity (Wildman–Crippen MR) is 94.2 cm³/mol. The van der Waals surface area contributed by atoms with Gasteiger partial charge in [-0.1, -0.05) is 0 Å². The number of nitrogens with one attached hydrogen (secondary N) is 1. The van der Waals surface area contributed by atoms with E-state index in [1.54, 1.807) is 19.0 Å². The van der Waals surface area contributed by atoms with Gasteiger partial charge >= 0.3 is 6.03 Å². The number of rotatable bonds is 3. The number of benzene rings is 1. The maximum atomic E-state index is 14.0. The molecular formula is C18H25FN4O2. The van der Waals surface area contributed by atoms with Crippen LogP contribution in [0.3, 0.4) is 0 Å². The molecule has 2 heterocycles. The van der Waals surface area contributed by atoms with Gasteiger partial charge in [0, 0.05) is 38.8 Å². The van der Waals surface area contributed by atoms with Crippen molar-refractivity contribution in [3.8, 4) is 0 Å². The van der Waals surface area contributed by atoms with Crippen molar-refractivity contribution in [3.05, 3.63) is 29.6 Å². The summed E-state index contributed by atoms with van der Waals surface area (Å²) in [5.74, 6) is -0.773. The standard InChI is InChI=1S/C18H25FN4O2/c1-21(2)17(24)13-5-6-15(19)16(11-13)20-18(25)23-10-7-14(12-23)22-8-3-4-9-22/h5-6,11,14H,3-4,7-10,12H2,1-2H3,(H,20,25)/t14-/m0/s1. The van der Waals surface area contributed by atoms with Crippen LogP contribution in [0.4, 0.5) is 14.9 Å². The highest BCUT2D eigenvalue weighted by Crippen LogP contribution is 2.22. The number of amides is 3. The number of hydrogen-bond acceptors (Lipinski definition) is 3. The Bertz CT molecular complexity index is 658. The molecule has 2 saturated heterocycles. The molecule has 1 aromatic rings. The third-order valence-electron chi connectivity index (χ3n) is 4.97. The summed E-state index contributed by atoms with van der Waals surface area (Å²) in [5, 5.41) is 2.62. The van der Waals surface area contributed by atoms with Crippen LogP contribution in [0.15, 0.2) is 18.2 Å². The second-order valence-electron chi connectivity index (χ2n) is 6.96. The zero-order chi connectivity index (χ0) is 18.0. The highest BCUT2D eigenvalue weighted by molar-refractivity contribution is 5.96. The SMILES string of the molecule is CN(C)C(=O)c1ccc(F)c(NC(=O)N2CC[C@H](N3CCCC3)C2)c1. The molecule has 0 aromatic heterocycles. The number of nitrogens with zero attached hydrogens (tertiary/aromatic N) is 3. The third-order valence-corrected chi connectivity index (χ3v) is 4.97. The molecular weight excluding hydrogens is 323 g/mol. The van der Waals surface area contributed by atoms with Crippen molar-refractivity contribution in [2.75, 3.05) is 45.6 Å². The Balaban J connectivity index is 1.64. The van der Waals surface area contributed by atoms with E-state index in [-0.39, 0.29) is 17.6 Å². The molecule has 3 amide bonds. The number of urea groups is 1. The van der Waals surface area contributed by atoms with Crippen molar-refractivity contribution in [1.29, 1.82) is 0 Å². The van der Waals surface area contributed by atoms with E-state index in [4.69, 9.17) is 0 Å². The molecule has 7 heteroatoms. The summed E-state index contributed by atoms with van der Waals surface area (Å²) < 4.78 is 14.0. The molecule has 0 spiro atoms. The molecule has 25 heavy (non-hydrogen) atoms. The summed E-state index contributed by atoms with van der Waals surface area (Å²) in [6, 6.07) is 4.12. The number of likely N-dealkylation sites (tertiary alicyclic amines) is 2. The van der Waals surface area contributed by atoms with E-state index in [1.807, 2.05) is 0 Å². The highest BCUT2D eigenvalue weighted by Gasteiger charge is 2.31. The monoisotopic (exact) mass is 348 g/mol. The zero-order valence-corrected chi connectivity index (χ0v) is 14.8. The molecule has 0 bridgehead atoms. The fourth-order valence-corrected chi connectivity index (χ4v) is 3.54. The van der Waals surface area contributed by atoms with Crippen LogP contribution >= 0.6 is 0 Å². The van der Waals surface area contributed by atoms with Crippen molar-refractivity contribution in [2.24, 2.45) is 0 Å². The van der Waals surface area contributed by atoms with Crippen molar-refractivity contribution in [2.45, 2.75) is 25.3 Å². The summed E-state index contributed by atoms with van der Waals surface area (Å²) >= 11 is 0. The van der Waals surface area contributed by atoms with Gasteiger partial charge in [0.25, 0.3) is 5.91 Å². The molecule has 1 aromatic carbocycles. The van der Waals surface area contributed by atoms with E-state index in [0.29, 0.717) is 24.7 Å². The van der Waals surface area contributed by atoms with Crippen LogP contribution in [0.5, 0.6) is 0 Å². The average molecular weight is 348 g/mol. The highest BCUT2D eigenvalue weighted by atomic mass is 19.1. The van der Waals surface area contributed by atoms with Gasteiger partial charge < -0.3 is 15.1 Å². The van der Waals surface area contributed by atoms with Gasteiger partial charge in [0.2, 0.25) is 0 Å². The van der Waals surface area contributed by atoms with Crippen molar-refractivity contribution < 1.29 is 14.0 Å².